The minimum Gasteiger partial charge on any atom is -0.465 e. The number of rotatable bonds is 5. The van der Waals surface area contributed by atoms with Crippen molar-refractivity contribution in [1.29, 1.82) is 0 Å². The van der Waals surface area contributed by atoms with Crippen molar-refractivity contribution in [2.75, 3.05) is 0 Å². The van der Waals surface area contributed by atoms with Crippen LogP contribution in [0.1, 0.15) is 38.2 Å². The molecule has 0 saturated heterocycles. The first-order chi connectivity index (χ1) is 6.22. The first-order valence-corrected chi connectivity index (χ1v) is 5.01. The van der Waals surface area contributed by atoms with Crippen LogP contribution in [0.2, 0.25) is 0 Å². The van der Waals surface area contributed by atoms with E-state index < -0.39 is 0 Å². The van der Waals surface area contributed by atoms with E-state index in [1.165, 1.54) is 12.8 Å². The molecule has 1 aromatic heterocycles. The SMILES string of the molecule is CCCC(C)NCc1ccc(C)o1. The number of hydrogen-bond donors (Lipinski definition) is 1. The Hall–Kier alpha value is -0.760. The summed E-state index contributed by atoms with van der Waals surface area (Å²) < 4.78 is 5.45. The Kier molecular flexibility index (Phi) is 4.03. The van der Waals surface area contributed by atoms with Gasteiger partial charge in [0.1, 0.15) is 11.5 Å². The van der Waals surface area contributed by atoms with Gasteiger partial charge in [-0.05, 0) is 32.4 Å². The van der Waals surface area contributed by atoms with Crippen LogP contribution in [0.3, 0.4) is 0 Å². The predicted octanol–water partition coefficient (Wildman–Crippen LogP) is 2.87. The van der Waals surface area contributed by atoms with Gasteiger partial charge in [-0.25, -0.2) is 0 Å². The van der Waals surface area contributed by atoms with Crippen LogP contribution >= 0.6 is 0 Å². The summed E-state index contributed by atoms with van der Waals surface area (Å²) in [7, 11) is 0. The van der Waals surface area contributed by atoms with Crippen molar-refractivity contribution >= 4 is 0 Å². The average Bonchev–Trinajstić information content (AvgIpc) is 2.49. The zero-order valence-electron chi connectivity index (χ0n) is 8.76. The molecule has 1 aromatic rings. The third-order valence-electron chi connectivity index (χ3n) is 2.14. The summed E-state index contributed by atoms with van der Waals surface area (Å²) in [5, 5.41) is 3.42. The maximum atomic E-state index is 5.45. The van der Waals surface area contributed by atoms with Gasteiger partial charge in [0.2, 0.25) is 0 Å². The Labute approximate surface area is 80.3 Å². The topological polar surface area (TPSA) is 25.2 Å². The molecule has 0 spiro atoms. The fraction of sp³-hybridized carbons (Fsp3) is 0.636. The average molecular weight is 181 g/mol. The minimum atomic E-state index is 0.579. The molecule has 0 saturated carbocycles. The third-order valence-corrected chi connectivity index (χ3v) is 2.14. The van der Waals surface area contributed by atoms with Gasteiger partial charge in [0.15, 0.2) is 0 Å². The quantitative estimate of drug-likeness (QED) is 0.755. The van der Waals surface area contributed by atoms with Crippen molar-refractivity contribution in [1.82, 2.24) is 5.32 Å². The highest BCUT2D eigenvalue weighted by molar-refractivity contribution is 5.05. The van der Waals surface area contributed by atoms with Crippen LogP contribution < -0.4 is 5.32 Å². The van der Waals surface area contributed by atoms with Crippen LogP contribution in [0.25, 0.3) is 0 Å². The molecule has 74 valence electrons. The molecule has 0 aliphatic carbocycles. The molecule has 1 heterocycles. The zero-order valence-corrected chi connectivity index (χ0v) is 8.76. The molecular weight excluding hydrogens is 162 g/mol. The lowest BCUT2D eigenvalue weighted by molar-refractivity contribution is 0.430. The van der Waals surface area contributed by atoms with Gasteiger partial charge in [0.25, 0.3) is 0 Å². The number of nitrogens with one attached hydrogen (secondary N) is 1. The summed E-state index contributed by atoms with van der Waals surface area (Å²) in [5.74, 6) is 2.01. The van der Waals surface area contributed by atoms with Crippen molar-refractivity contribution in [2.24, 2.45) is 0 Å². The van der Waals surface area contributed by atoms with Crippen molar-refractivity contribution in [3.8, 4) is 0 Å². The molecule has 1 atom stereocenters. The molecule has 0 aliphatic rings. The Balaban J connectivity index is 2.26. The normalized spacial score (nSPS) is 13.2. The van der Waals surface area contributed by atoms with Crippen LogP contribution in [-0.4, -0.2) is 6.04 Å². The van der Waals surface area contributed by atoms with Crippen LogP contribution in [0.15, 0.2) is 16.5 Å². The van der Waals surface area contributed by atoms with Crippen molar-refractivity contribution < 1.29 is 4.42 Å². The van der Waals surface area contributed by atoms with E-state index in [1.807, 2.05) is 19.1 Å². The van der Waals surface area contributed by atoms with E-state index in [0.717, 1.165) is 18.1 Å². The Morgan fingerprint density at radius 1 is 1.46 bits per heavy atom. The van der Waals surface area contributed by atoms with Gasteiger partial charge >= 0.3 is 0 Å². The summed E-state index contributed by atoms with van der Waals surface area (Å²) >= 11 is 0. The first kappa shape index (κ1) is 10.3. The molecule has 0 amide bonds. The molecule has 0 radical (unpaired) electrons. The molecule has 0 bridgehead atoms. The Morgan fingerprint density at radius 2 is 2.23 bits per heavy atom. The van der Waals surface area contributed by atoms with Crippen LogP contribution in [-0.2, 0) is 6.54 Å². The van der Waals surface area contributed by atoms with Gasteiger partial charge in [-0.2, -0.15) is 0 Å². The van der Waals surface area contributed by atoms with Crippen LogP contribution in [0.4, 0.5) is 0 Å². The lowest BCUT2D eigenvalue weighted by Gasteiger charge is -2.10. The fourth-order valence-electron chi connectivity index (χ4n) is 1.39. The van der Waals surface area contributed by atoms with E-state index in [9.17, 15) is 0 Å². The van der Waals surface area contributed by atoms with Crippen LogP contribution in [0, 0.1) is 6.92 Å². The summed E-state index contributed by atoms with van der Waals surface area (Å²) in [5.41, 5.74) is 0. The van der Waals surface area contributed by atoms with Gasteiger partial charge in [0, 0.05) is 6.04 Å². The third kappa shape index (κ3) is 3.64. The molecule has 0 aliphatic heterocycles. The maximum Gasteiger partial charge on any atom is 0.117 e. The van der Waals surface area contributed by atoms with E-state index >= 15 is 0 Å². The zero-order chi connectivity index (χ0) is 9.68. The highest BCUT2D eigenvalue weighted by Gasteiger charge is 2.01. The summed E-state index contributed by atoms with van der Waals surface area (Å²) in [6.07, 6.45) is 2.45. The van der Waals surface area contributed by atoms with E-state index in [-0.39, 0.29) is 0 Å². The van der Waals surface area contributed by atoms with Gasteiger partial charge < -0.3 is 9.73 Å². The number of aryl methyl sites for hydroxylation is 1. The molecule has 1 N–H and O–H groups in total. The molecule has 0 fully saturated rings. The summed E-state index contributed by atoms with van der Waals surface area (Å²) in [6.45, 7) is 7.22. The number of hydrogen-bond acceptors (Lipinski definition) is 2. The predicted molar refractivity (Wildman–Crippen MR) is 54.7 cm³/mol. The second kappa shape index (κ2) is 5.07. The van der Waals surface area contributed by atoms with Gasteiger partial charge in [-0.1, -0.05) is 13.3 Å². The van der Waals surface area contributed by atoms with E-state index in [1.54, 1.807) is 0 Å². The highest BCUT2D eigenvalue weighted by Crippen LogP contribution is 2.06. The molecular formula is C11H19NO. The molecule has 1 unspecified atom stereocenters. The molecule has 1 rings (SSSR count). The second-order valence-electron chi connectivity index (χ2n) is 3.58. The molecule has 2 heteroatoms. The second-order valence-corrected chi connectivity index (χ2v) is 3.58. The lowest BCUT2D eigenvalue weighted by Crippen LogP contribution is -2.24. The van der Waals surface area contributed by atoms with Crippen molar-refractivity contribution in [3.63, 3.8) is 0 Å². The lowest BCUT2D eigenvalue weighted by atomic mass is 10.2. The Morgan fingerprint density at radius 3 is 2.77 bits per heavy atom. The van der Waals surface area contributed by atoms with E-state index in [2.05, 4.69) is 19.2 Å². The van der Waals surface area contributed by atoms with Crippen molar-refractivity contribution in [3.05, 3.63) is 23.7 Å². The van der Waals surface area contributed by atoms with E-state index in [0.29, 0.717) is 6.04 Å². The van der Waals surface area contributed by atoms with Crippen molar-refractivity contribution in [2.45, 2.75) is 46.2 Å². The first-order valence-electron chi connectivity index (χ1n) is 5.01. The Bertz CT molecular complexity index is 242. The molecule has 2 nitrogen and oxygen atoms in total. The smallest absolute Gasteiger partial charge is 0.117 e. The molecule has 0 aromatic carbocycles. The fourth-order valence-corrected chi connectivity index (χ4v) is 1.39. The van der Waals surface area contributed by atoms with Gasteiger partial charge in [0.05, 0.1) is 6.54 Å². The standard InChI is InChI=1S/C11H19NO/c1-4-5-9(2)12-8-11-7-6-10(3)13-11/h6-7,9,12H,4-5,8H2,1-3H3. The number of furan rings is 1. The maximum absolute atomic E-state index is 5.45. The van der Waals surface area contributed by atoms with Gasteiger partial charge in [-0.15, -0.1) is 0 Å². The summed E-state index contributed by atoms with van der Waals surface area (Å²) in [4.78, 5) is 0. The van der Waals surface area contributed by atoms with E-state index in [4.69, 9.17) is 4.42 Å². The highest BCUT2D eigenvalue weighted by atomic mass is 16.3. The largest absolute Gasteiger partial charge is 0.465 e. The molecule has 13 heavy (non-hydrogen) atoms. The minimum absolute atomic E-state index is 0.579. The van der Waals surface area contributed by atoms with Crippen LogP contribution in [0.5, 0.6) is 0 Å². The monoisotopic (exact) mass is 181 g/mol. The summed E-state index contributed by atoms with van der Waals surface area (Å²) in [6, 6.07) is 4.61. The van der Waals surface area contributed by atoms with Gasteiger partial charge in [-0.3, -0.25) is 0 Å².